The highest BCUT2D eigenvalue weighted by molar-refractivity contribution is 5.69. The fourth-order valence-corrected chi connectivity index (χ4v) is 3.34. The first-order chi connectivity index (χ1) is 10.3. The summed E-state index contributed by atoms with van der Waals surface area (Å²) >= 11 is 0. The molecule has 21 heavy (non-hydrogen) atoms. The van der Waals surface area contributed by atoms with E-state index in [4.69, 9.17) is 0 Å². The molecule has 5 heteroatoms. The molecule has 0 amide bonds. The Bertz CT molecular complexity index is 737. The summed E-state index contributed by atoms with van der Waals surface area (Å²) in [6.45, 7) is 2.74. The van der Waals surface area contributed by atoms with Gasteiger partial charge in [0.2, 0.25) is 0 Å². The molecule has 0 unspecified atom stereocenters. The van der Waals surface area contributed by atoms with E-state index in [-0.39, 0.29) is 5.69 Å². The molecule has 2 aliphatic rings. The van der Waals surface area contributed by atoms with Gasteiger partial charge in [-0.2, -0.15) is 4.98 Å². The highest BCUT2D eigenvalue weighted by Gasteiger charge is 2.25. The molecule has 0 fully saturated rings. The third kappa shape index (κ3) is 2.14. The highest BCUT2D eigenvalue weighted by Crippen LogP contribution is 2.35. The van der Waals surface area contributed by atoms with E-state index in [0.29, 0.717) is 0 Å². The van der Waals surface area contributed by atoms with Crippen LogP contribution in [0.15, 0.2) is 29.1 Å². The zero-order chi connectivity index (χ0) is 14.2. The maximum Gasteiger partial charge on any atom is 0.347 e. The van der Waals surface area contributed by atoms with Crippen LogP contribution in [0.4, 0.5) is 11.5 Å². The van der Waals surface area contributed by atoms with Gasteiger partial charge < -0.3 is 15.2 Å². The number of aromatic nitrogens is 2. The molecule has 0 saturated heterocycles. The molecule has 0 atom stereocenters. The molecule has 3 heterocycles. The summed E-state index contributed by atoms with van der Waals surface area (Å²) in [5.74, 6) is 0.849. The molecule has 2 N–H and O–H groups in total. The van der Waals surface area contributed by atoms with E-state index in [1.165, 1.54) is 16.8 Å². The van der Waals surface area contributed by atoms with Gasteiger partial charge in [0.05, 0.1) is 0 Å². The van der Waals surface area contributed by atoms with Gasteiger partial charge in [-0.25, -0.2) is 4.79 Å². The second-order valence-electron chi connectivity index (χ2n) is 5.60. The number of H-pyrrole nitrogens is 1. The monoisotopic (exact) mass is 282 g/mol. The average Bonchev–Trinajstić information content (AvgIpc) is 2.78. The number of nitrogens with one attached hydrogen (secondary N) is 2. The molecule has 108 valence electrons. The summed E-state index contributed by atoms with van der Waals surface area (Å²) in [5, 5.41) is 3.38. The van der Waals surface area contributed by atoms with Crippen LogP contribution in [-0.2, 0) is 19.3 Å². The Labute approximate surface area is 123 Å². The van der Waals surface area contributed by atoms with Crippen molar-refractivity contribution in [3.05, 3.63) is 51.6 Å². The fraction of sp³-hybridized carbons (Fsp3) is 0.375. The number of para-hydroxylation sites is 1. The van der Waals surface area contributed by atoms with Crippen molar-refractivity contribution in [2.75, 3.05) is 24.5 Å². The summed E-state index contributed by atoms with van der Waals surface area (Å²) in [6, 6.07) is 8.39. The van der Waals surface area contributed by atoms with E-state index in [2.05, 4.69) is 38.4 Å². The summed E-state index contributed by atoms with van der Waals surface area (Å²) in [4.78, 5) is 21.4. The summed E-state index contributed by atoms with van der Waals surface area (Å²) in [5.41, 5.74) is 4.51. The van der Waals surface area contributed by atoms with Crippen LogP contribution in [0.5, 0.6) is 0 Å². The van der Waals surface area contributed by atoms with Crippen LogP contribution in [0, 0.1) is 0 Å². The number of anilines is 2. The van der Waals surface area contributed by atoms with Crippen molar-refractivity contribution in [2.24, 2.45) is 0 Å². The van der Waals surface area contributed by atoms with Gasteiger partial charge in [0.15, 0.2) is 0 Å². The van der Waals surface area contributed by atoms with Crippen molar-refractivity contribution in [1.29, 1.82) is 0 Å². The smallest absolute Gasteiger partial charge is 0.325 e. The van der Waals surface area contributed by atoms with Crippen LogP contribution >= 0.6 is 0 Å². The molecule has 2 aliphatic heterocycles. The van der Waals surface area contributed by atoms with E-state index in [9.17, 15) is 4.79 Å². The lowest BCUT2D eigenvalue weighted by Gasteiger charge is -2.22. The van der Waals surface area contributed by atoms with Crippen LogP contribution in [0.1, 0.15) is 16.8 Å². The average molecular weight is 282 g/mol. The summed E-state index contributed by atoms with van der Waals surface area (Å²) in [7, 11) is 0. The molecule has 1 aromatic heterocycles. The normalized spacial score (nSPS) is 17.2. The topological polar surface area (TPSA) is 61.0 Å². The molecule has 0 bridgehead atoms. The molecule has 0 spiro atoms. The van der Waals surface area contributed by atoms with Crippen molar-refractivity contribution < 1.29 is 0 Å². The van der Waals surface area contributed by atoms with Crippen molar-refractivity contribution in [3.63, 3.8) is 0 Å². The molecule has 0 aliphatic carbocycles. The molecule has 0 radical (unpaired) electrons. The van der Waals surface area contributed by atoms with Crippen LogP contribution in [0.3, 0.4) is 0 Å². The molecular weight excluding hydrogens is 264 g/mol. The Morgan fingerprint density at radius 2 is 1.95 bits per heavy atom. The van der Waals surface area contributed by atoms with Gasteiger partial charge in [0, 0.05) is 36.5 Å². The van der Waals surface area contributed by atoms with E-state index < -0.39 is 0 Å². The van der Waals surface area contributed by atoms with Gasteiger partial charge in [0.25, 0.3) is 0 Å². The number of hydrogen-bond acceptors (Lipinski definition) is 4. The second-order valence-corrected chi connectivity index (χ2v) is 5.60. The third-order valence-corrected chi connectivity index (χ3v) is 4.35. The molecule has 1 aromatic carbocycles. The minimum absolute atomic E-state index is 0.241. The van der Waals surface area contributed by atoms with Crippen LogP contribution < -0.4 is 15.9 Å². The maximum atomic E-state index is 11.9. The predicted octanol–water partition coefficient (Wildman–Crippen LogP) is 1.15. The quantitative estimate of drug-likeness (QED) is 0.824. The number of aromatic amines is 1. The Balaban J connectivity index is 1.86. The van der Waals surface area contributed by atoms with Gasteiger partial charge in [-0.1, -0.05) is 18.2 Å². The molecule has 5 nitrogen and oxygen atoms in total. The first-order valence-electron chi connectivity index (χ1n) is 7.51. The molecule has 2 aromatic rings. The number of rotatable bonds is 1. The van der Waals surface area contributed by atoms with E-state index in [1.54, 1.807) is 0 Å². The second kappa shape index (κ2) is 5.00. The summed E-state index contributed by atoms with van der Waals surface area (Å²) in [6.07, 6.45) is 2.78. The van der Waals surface area contributed by atoms with Gasteiger partial charge in [-0.3, -0.25) is 0 Å². The molecular formula is C16H18N4O. The van der Waals surface area contributed by atoms with E-state index in [0.717, 1.165) is 50.4 Å². The Kier molecular flexibility index (Phi) is 3.00. The fourth-order valence-electron chi connectivity index (χ4n) is 3.34. The van der Waals surface area contributed by atoms with Crippen LogP contribution in [0.2, 0.25) is 0 Å². The van der Waals surface area contributed by atoms with E-state index in [1.807, 2.05) is 6.07 Å². The lowest BCUT2D eigenvalue weighted by Crippen LogP contribution is -2.24. The van der Waals surface area contributed by atoms with Gasteiger partial charge in [-0.15, -0.1) is 0 Å². The largest absolute Gasteiger partial charge is 0.347 e. The zero-order valence-electron chi connectivity index (χ0n) is 11.9. The Morgan fingerprint density at radius 1 is 1.10 bits per heavy atom. The number of benzene rings is 1. The van der Waals surface area contributed by atoms with Gasteiger partial charge in [-0.05, 0) is 31.0 Å². The first kappa shape index (κ1) is 12.6. The van der Waals surface area contributed by atoms with Crippen LogP contribution in [0.25, 0.3) is 0 Å². The lowest BCUT2D eigenvalue weighted by atomic mass is 10.1. The molecule has 0 saturated carbocycles. The van der Waals surface area contributed by atoms with Crippen molar-refractivity contribution >= 4 is 11.5 Å². The Morgan fingerprint density at radius 3 is 2.90 bits per heavy atom. The van der Waals surface area contributed by atoms with E-state index >= 15 is 0 Å². The highest BCUT2D eigenvalue weighted by atomic mass is 16.1. The van der Waals surface area contributed by atoms with Crippen molar-refractivity contribution in [1.82, 2.24) is 15.3 Å². The molecule has 4 rings (SSSR count). The van der Waals surface area contributed by atoms with Gasteiger partial charge in [0.1, 0.15) is 5.82 Å². The van der Waals surface area contributed by atoms with Crippen molar-refractivity contribution in [2.45, 2.75) is 19.3 Å². The minimum atomic E-state index is -0.241. The number of hydrogen-bond donors (Lipinski definition) is 2. The first-order valence-corrected chi connectivity index (χ1v) is 7.51. The van der Waals surface area contributed by atoms with Crippen LogP contribution in [-0.4, -0.2) is 29.6 Å². The lowest BCUT2D eigenvalue weighted by molar-refractivity contribution is 0.708. The number of fused-ring (bicyclic) bond motifs is 2. The maximum absolute atomic E-state index is 11.9. The predicted molar refractivity (Wildman–Crippen MR) is 82.3 cm³/mol. The zero-order valence-corrected chi connectivity index (χ0v) is 11.9. The standard InChI is InChI=1S/C16H18N4O/c21-16-18-13-6-9-17-8-5-12(13)15(19-16)20-10-7-11-3-1-2-4-14(11)20/h1-4,17H,5-10H2,(H,18,19,21). The third-order valence-electron chi connectivity index (χ3n) is 4.35. The van der Waals surface area contributed by atoms with Crippen molar-refractivity contribution in [3.8, 4) is 0 Å². The number of nitrogens with zero attached hydrogens (tertiary/aromatic N) is 2. The Hall–Kier alpha value is -2.14. The summed E-state index contributed by atoms with van der Waals surface area (Å²) < 4.78 is 0. The minimum Gasteiger partial charge on any atom is -0.325 e. The van der Waals surface area contributed by atoms with Gasteiger partial charge >= 0.3 is 5.69 Å². The SMILES string of the molecule is O=c1nc(N2CCc3ccccc32)c2c([nH]1)CCNCC2.